The van der Waals surface area contributed by atoms with Gasteiger partial charge in [-0.05, 0) is 47.5 Å². The Labute approximate surface area is 233 Å². The fraction of sp³-hybridized carbons (Fsp3) is 0.367. The number of hydrogen-bond acceptors (Lipinski definition) is 3. The summed E-state index contributed by atoms with van der Waals surface area (Å²) in [5.41, 5.74) is 2.11. The van der Waals surface area contributed by atoms with E-state index in [1.54, 1.807) is 37.4 Å². The molecule has 1 atom stereocenters. The number of benzene rings is 3. The highest BCUT2D eigenvalue weighted by molar-refractivity contribution is 5.87. The lowest BCUT2D eigenvalue weighted by Gasteiger charge is -2.52. The van der Waals surface area contributed by atoms with E-state index in [4.69, 9.17) is 9.47 Å². The molecule has 0 N–H and O–H groups in total. The third-order valence-electron chi connectivity index (χ3n) is 7.95. The van der Waals surface area contributed by atoms with Gasteiger partial charge in [-0.25, -0.2) is 13.6 Å². The molecule has 3 aliphatic rings. The average molecular weight is 588 g/mol. The van der Waals surface area contributed by atoms with E-state index < -0.39 is 11.9 Å². The van der Waals surface area contributed by atoms with Crippen LogP contribution in [0.1, 0.15) is 24.0 Å². The molecule has 3 heterocycles. The topological polar surface area (TPSA) is 38.8 Å². The Kier molecular flexibility index (Phi) is 9.05. The summed E-state index contributed by atoms with van der Waals surface area (Å²) in [5, 5.41) is 0. The fourth-order valence-electron chi connectivity index (χ4n) is 5.71. The number of para-hydroxylation sites is 1. The molecular weight excluding hydrogens is 554 g/mol. The Morgan fingerprint density at radius 3 is 2.26 bits per heavy atom. The molecule has 3 aromatic rings. The maximum Gasteiger partial charge on any atom is 0.415 e. The van der Waals surface area contributed by atoms with Crippen molar-refractivity contribution in [1.29, 1.82) is 0 Å². The van der Waals surface area contributed by atoms with Crippen LogP contribution in [0.2, 0.25) is 0 Å². The van der Waals surface area contributed by atoms with Crippen LogP contribution in [0, 0.1) is 17.6 Å². The standard InChI is InChI=1S/C30H33F2N2O3.BrH/c1-36-26-12-8-22(9-13-26)14-17-34-18-15-24(16-19-34)29(21-34)37-30(35)33(28-5-3-2-4-27(28)32)20-23-6-10-25(31)11-7-23;/h2-13,24,29H,14-21H2,1H3;1H/q+1;/p-1/t24?,29-,34?;/m0./s1. The van der Waals surface area contributed by atoms with Gasteiger partial charge in [0.1, 0.15) is 23.9 Å². The number of quaternary nitrogens is 1. The Morgan fingerprint density at radius 1 is 0.947 bits per heavy atom. The summed E-state index contributed by atoms with van der Waals surface area (Å²) < 4.78 is 40.5. The Hall–Kier alpha value is -2.97. The first-order valence-corrected chi connectivity index (χ1v) is 12.9. The second-order valence-corrected chi connectivity index (χ2v) is 10.2. The lowest BCUT2D eigenvalue weighted by Crippen LogP contribution is -3.00. The normalized spacial score (nSPS) is 21.9. The minimum atomic E-state index is -0.568. The Bertz CT molecular complexity index is 1210. The number of halogens is 3. The highest BCUT2D eigenvalue weighted by Crippen LogP contribution is 2.36. The summed E-state index contributed by atoms with van der Waals surface area (Å²) >= 11 is 0. The maximum atomic E-state index is 14.7. The molecule has 2 bridgehead atoms. The van der Waals surface area contributed by atoms with Gasteiger partial charge in [-0.15, -0.1) is 0 Å². The molecule has 3 fully saturated rings. The Morgan fingerprint density at radius 2 is 1.61 bits per heavy atom. The smallest absolute Gasteiger partial charge is 0.415 e. The number of fused-ring (bicyclic) bond motifs is 3. The van der Waals surface area contributed by atoms with Crippen molar-refractivity contribution in [3.8, 4) is 5.75 Å². The number of hydrogen-bond donors (Lipinski definition) is 0. The van der Waals surface area contributed by atoms with E-state index in [-0.39, 0.29) is 41.1 Å². The number of methoxy groups -OCH3 is 1. The van der Waals surface area contributed by atoms with Gasteiger partial charge in [-0.2, -0.15) is 0 Å². The fourth-order valence-corrected chi connectivity index (χ4v) is 5.71. The van der Waals surface area contributed by atoms with E-state index in [2.05, 4.69) is 12.1 Å². The number of piperidine rings is 3. The summed E-state index contributed by atoms with van der Waals surface area (Å²) in [6.45, 7) is 4.02. The van der Waals surface area contributed by atoms with Crippen LogP contribution in [-0.4, -0.2) is 50.0 Å². The first-order chi connectivity index (χ1) is 17.9. The number of ether oxygens (including phenoxy) is 2. The molecule has 0 aliphatic carbocycles. The van der Waals surface area contributed by atoms with Gasteiger partial charge < -0.3 is 30.9 Å². The van der Waals surface area contributed by atoms with Crippen LogP contribution < -0.4 is 26.6 Å². The van der Waals surface area contributed by atoms with Crippen molar-refractivity contribution < 1.29 is 44.5 Å². The zero-order valence-corrected chi connectivity index (χ0v) is 23.1. The first kappa shape index (κ1) is 28.0. The molecular formula is C30H33BrF2N2O3. The van der Waals surface area contributed by atoms with Crippen molar-refractivity contribution in [2.75, 3.05) is 38.2 Å². The average Bonchev–Trinajstić information content (AvgIpc) is 2.93. The van der Waals surface area contributed by atoms with Gasteiger partial charge in [0.2, 0.25) is 0 Å². The highest BCUT2D eigenvalue weighted by Gasteiger charge is 2.47. The van der Waals surface area contributed by atoms with Crippen LogP contribution in [0.4, 0.5) is 19.3 Å². The van der Waals surface area contributed by atoms with Crippen molar-refractivity contribution in [1.82, 2.24) is 0 Å². The van der Waals surface area contributed by atoms with Crippen molar-refractivity contribution in [3.05, 3.63) is 95.6 Å². The summed E-state index contributed by atoms with van der Waals surface area (Å²) in [5.74, 6) is 0.304. The molecule has 3 saturated heterocycles. The third-order valence-corrected chi connectivity index (χ3v) is 7.95. The molecule has 0 spiro atoms. The second-order valence-electron chi connectivity index (χ2n) is 10.2. The van der Waals surface area contributed by atoms with Crippen LogP contribution in [0.25, 0.3) is 0 Å². The van der Waals surface area contributed by atoms with Gasteiger partial charge >= 0.3 is 6.09 Å². The molecule has 38 heavy (non-hydrogen) atoms. The van der Waals surface area contributed by atoms with E-state index >= 15 is 0 Å². The van der Waals surface area contributed by atoms with E-state index in [9.17, 15) is 13.6 Å². The number of nitrogens with zero attached hydrogens (tertiary/aromatic N) is 2. The van der Waals surface area contributed by atoms with E-state index in [1.165, 1.54) is 28.7 Å². The number of anilines is 1. The highest BCUT2D eigenvalue weighted by atomic mass is 79.9. The molecule has 5 nitrogen and oxygen atoms in total. The molecule has 1 amide bonds. The molecule has 3 aliphatic heterocycles. The van der Waals surface area contributed by atoms with Gasteiger partial charge in [0.05, 0.1) is 39.0 Å². The monoisotopic (exact) mass is 586 g/mol. The summed E-state index contributed by atoms with van der Waals surface area (Å²) in [6.07, 6.45) is 2.19. The van der Waals surface area contributed by atoms with Crippen LogP contribution in [0.3, 0.4) is 0 Å². The van der Waals surface area contributed by atoms with E-state index in [0.717, 1.165) is 55.7 Å². The minimum absolute atomic E-state index is 0. The van der Waals surface area contributed by atoms with Crippen LogP contribution in [0.15, 0.2) is 72.8 Å². The zero-order chi connectivity index (χ0) is 25.8. The number of carbonyl (C=O) groups is 1. The van der Waals surface area contributed by atoms with Crippen molar-refractivity contribution in [3.63, 3.8) is 0 Å². The molecule has 0 unspecified atom stereocenters. The lowest BCUT2D eigenvalue weighted by molar-refractivity contribution is -0.945. The largest absolute Gasteiger partial charge is 1.00 e. The molecule has 8 heteroatoms. The van der Waals surface area contributed by atoms with Gasteiger partial charge in [0, 0.05) is 25.2 Å². The molecule has 6 rings (SSSR count). The van der Waals surface area contributed by atoms with Crippen molar-refractivity contribution >= 4 is 11.8 Å². The van der Waals surface area contributed by atoms with Crippen molar-refractivity contribution in [2.45, 2.75) is 31.9 Å². The summed E-state index contributed by atoms with van der Waals surface area (Å²) in [4.78, 5) is 14.8. The number of amides is 1. The molecule has 0 radical (unpaired) electrons. The molecule has 0 saturated carbocycles. The zero-order valence-electron chi connectivity index (χ0n) is 21.5. The van der Waals surface area contributed by atoms with Gasteiger partial charge in [-0.3, -0.25) is 4.90 Å². The lowest BCUT2D eigenvalue weighted by atomic mass is 9.83. The van der Waals surface area contributed by atoms with E-state index in [0.29, 0.717) is 11.5 Å². The minimum Gasteiger partial charge on any atom is -1.00 e. The van der Waals surface area contributed by atoms with Crippen LogP contribution >= 0.6 is 0 Å². The second kappa shape index (κ2) is 12.3. The molecule has 0 aromatic heterocycles. The van der Waals surface area contributed by atoms with Gasteiger partial charge in [0.25, 0.3) is 0 Å². The van der Waals surface area contributed by atoms with Gasteiger partial charge in [0.15, 0.2) is 6.10 Å². The summed E-state index contributed by atoms with van der Waals surface area (Å²) in [6, 6.07) is 20.2. The predicted octanol–water partition coefficient (Wildman–Crippen LogP) is 2.97. The number of rotatable bonds is 8. The molecule has 202 valence electrons. The van der Waals surface area contributed by atoms with Crippen LogP contribution in [-0.2, 0) is 17.7 Å². The maximum absolute atomic E-state index is 14.7. The van der Waals surface area contributed by atoms with Crippen molar-refractivity contribution in [2.24, 2.45) is 5.92 Å². The molecule has 3 aromatic carbocycles. The third kappa shape index (κ3) is 6.35. The predicted molar refractivity (Wildman–Crippen MR) is 138 cm³/mol. The quantitative estimate of drug-likeness (QED) is 0.381. The SMILES string of the molecule is COc1ccc(CC[N+]23CCC(CC2)[C@@H](OC(=O)N(Cc2ccc(F)cc2)c2ccccc2F)C3)cc1.[Br-]. The van der Waals surface area contributed by atoms with Crippen LogP contribution in [0.5, 0.6) is 5.75 Å². The van der Waals surface area contributed by atoms with E-state index in [1.807, 2.05) is 12.1 Å². The Balaban J connectivity index is 0.00000336. The van der Waals surface area contributed by atoms with Gasteiger partial charge in [-0.1, -0.05) is 36.4 Å². The number of carbonyl (C=O) groups excluding carboxylic acids is 1. The first-order valence-electron chi connectivity index (χ1n) is 12.9. The summed E-state index contributed by atoms with van der Waals surface area (Å²) in [7, 11) is 1.67.